The normalized spacial score (nSPS) is 19.6. The van der Waals surface area contributed by atoms with E-state index < -0.39 is 12.8 Å². The summed E-state index contributed by atoms with van der Waals surface area (Å²) < 4.78 is 40.2. The lowest BCUT2D eigenvalue weighted by Crippen LogP contribution is -2.32. The average molecular weight is 347 g/mol. The summed E-state index contributed by atoms with van der Waals surface area (Å²) in [5.41, 5.74) is 0. The van der Waals surface area contributed by atoms with Crippen LogP contribution < -0.4 is 0 Å². The first-order chi connectivity index (χ1) is 9.01. The van der Waals surface area contributed by atoms with Gasteiger partial charge in [0, 0.05) is 38.1 Å². The summed E-state index contributed by atoms with van der Waals surface area (Å²) in [6, 6.07) is 0. The Morgan fingerprint density at radius 1 is 1.00 bits per heavy atom. The molecule has 0 aromatic heterocycles. The molecule has 1 heterocycles. The minimum atomic E-state index is -4.21. The predicted molar refractivity (Wildman–Crippen MR) is 72.8 cm³/mol. The summed E-state index contributed by atoms with van der Waals surface area (Å²) in [5, 5.41) is 0.984. The predicted octanol–water partition coefficient (Wildman–Crippen LogP) is 2.36. The number of alkyl halides is 4. The smallest absolute Gasteiger partial charge is 0.372 e. The lowest BCUT2D eigenvalue weighted by Gasteiger charge is -2.21. The third kappa shape index (κ3) is 8.83. The van der Waals surface area contributed by atoms with Crippen molar-refractivity contribution in [3.05, 3.63) is 0 Å². The first-order valence-corrected chi connectivity index (χ1v) is 7.78. The quantitative estimate of drug-likeness (QED) is 0.520. The Morgan fingerprint density at radius 3 is 2.21 bits per heavy atom. The molecule has 0 saturated carbocycles. The third-order valence-electron chi connectivity index (χ3n) is 3.11. The van der Waals surface area contributed by atoms with Crippen LogP contribution in [0, 0.1) is 0 Å². The average Bonchev–Trinajstić information content (AvgIpc) is 2.54. The number of ether oxygens (including phenoxy) is 1. The summed E-state index contributed by atoms with van der Waals surface area (Å²) in [6.07, 6.45) is -2.43. The summed E-state index contributed by atoms with van der Waals surface area (Å²) in [4.78, 5) is 4.72. The van der Waals surface area contributed by atoms with Crippen LogP contribution in [0.1, 0.15) is 12.8 Å². The monoisotopic (exact) mass is 346 g/mol. The number of rotatable bonds is 7. The highest BCUT2D eigenvalue weighted by atomic mass is 79.9. The van der Waals surface area contributed by atoms with E-state index >= 15 is 0 Å². The molecule has 0 amide bonds. The van der Waals surface area contributed by atoms with Crippen molar-refractivity contribution in [3.63, 3.8) is 0 Å². The highest BCUT2D eigenvalue weighted by molar-refractivity contribution is 9.09. The molecule has 0 bridgehead atoms. The fraction of sp³-hybridized carbons (Fsp3) is 1.00. The number of hydrogen-bond donors (Lipinski definition) is 0. The van der Waals surface area contributed by atoms with Gasteiger partial charge in [0.15, 0.2) is 0 Å². The van der Waals surface area contributed by atoms with E-state index in [1.807, 2.05) is 0 Å². The van der Waals surface area contributed by atoms with Crippen molar-refractivity contribution in [3.8, 4) is 0 Å². The third-order valence-corrected chi connectivity index (χ3v) is 3.47. The topological polar surface area (TPSA) is 15.7 Å². The molecule has 0 atom stereocenters. The van der Waals surface area contributed by atoms with Crippen LogP contribution in [0.3, 0.4) is 0 Å². The van der Waals surface area contributed by atoms with Gasteiger partial charge in [0.05, 0.1) is 0 Å². The number of hydrogen-bond acceptors (Lipinski definition) is 3. The summed E-state index contributed by atoms with van der Waals surface area (Å²) >= 11 is 3.44. The first-order valence-electron chi connectivity index (χ1n) is 6.66. The maximum Gasteiger partial charge on any atom is 0.411 e. The molecule has 1 fully saturated rings. The zero-order valence-corrected chi connectivity index (χ0v) is 12.7. The van der Waals surface area contributed by atoms with Crippen LogP contribution >= 0.6 is 15.9 Å². The van der Waals surface area contributed by atoms with E-state index in [9.17, 15) is 13.2 Å². The van der Waals surface area contributed by atoms with Crippen molar-refractivity contribution < 1.29 is 17.9 Å². The minimum absolute atomic E-state index is 0.182. The van der Waals surface area contributed by atoms with Gasteiger partial charge in [-0.25, -0.2) is 0 Å². The van der Waals surface area contributed by atoms with Crippen molar-refractivity contribution in [2.75, 3.05) is 57.8 Å². The van der Waals surface area contributed by atoms with Gasteiger partial charge < -0.3 is 14.5 Å². The SMILES string of the molecule is FC(F)(F)COCCCN1CCCN(CCBr)CC1. The largest absolute Gasteiger partial charge is 0.411 e. The van der Waals surface area contributed by atoms with Gasteiger partial charge in [-0.15, -0.1) is 0 Å². The van der Waals surface area contributed by atoms with E-state index in [0.29, 0.717) is 6.42 Å². The highest BCUT2D eigenvalue weighted by Gasteiger charge is 2.27. The Labute approximate surface area is 121 Å². The Kier molecular flexibility index (Phi) is 8.29. The fourth-order valence-electron chi connectivity index (χ4n) is 2.17. The maximum atomic E-state index is 11.9. The molecule has 1 saturated heterocycles. The summed E-state index contributed by atoms with van der Waals surface area (Å²) in [6.45, 7) is 5.09. The molecule has 114 valence electrons. The van der Waals surface area contributed by atoms with Crippen LogP contribution in [-0.4, -0.2) is 73.8 Å². The molecule has 0 unspecified atom stereocenters. The van der Waals surface area contributed by atoms with Gasteiger partial charge >= 0.3 is 6.18 Å². The van der Waals surface area contributed by atoms with Crippen molar-refractivity contribution in [2.45, 2.75) is 19.0 Å². The summed E-state index contributed by atoms with van der Waals surface area (Å²) in [5.74, 6) is 0. The molecule has 0 aliphatic carbocycles. The molecular weight excluding hydrogens is 325 g/mol. The van der Waals surface area contributed by atoms with Crippen molar-refractivity contribution in [2.24, 2.45) is 0 Å². The molecule has 7 heteroatoms. The molecule has 19 heavy (non-hydrogen) atoms. The van der Waals surface area contributed by atoms with Crippen molar-refractivity contribution >= 4 is 15.9 Å². The van der Waals surface area contributed by atoms with Gasteiger partial charge in [0.2, 0.25) is 0 Å². The number of halogens is 4. The molecule has 0 N–H and O–H groups in total. The zero-order chi connectivity index (χ0) is 14.1. The molecule has 0 spiro atoms. The second-order valence-electron chi connectivity index (χ2n) is 4.75. The van der Waals surface area contributed by atoms with E-state index in [-0.39, 0.29) is 6.61 Å². The van der Waals surface area contributed by atoms with Crippen LogP contribution in [-0.2, 0) is 4.74 Å². The van der Waals surface area contributed by atoms with Crippen LogP contribution in [0.2, 0.25) is 0 Å². The van der Waals surface area contributed by atoms with Gasteiger partial charge in [-0.3, -0.25) is 0 Å². The Hall–Kier alpha value is 0.150. The van der Waals surface area contributed by atoms with Gasteiger partial charge in [-0.1, -0.05) is 15.9 Å². The maximum absolute atomic E-state index is 11.9. The van der Waals surface area contributed by atoms with Gasteiger partial charge in [-0.05, 0) is 25.9 Å². The fourth-order valence-corrected chi connectivity index (χ4v) is 2.67. The molecule has 0 radical (unpaired) electrons. The number of nitrogens with zero attached hydrogens (tertiary/aromatic N) is 2. The standard InChI is InChI=1S/C12H22BrF3N2O/c13-3-7-18-5-1-4-17(8-9-18)6-2-10-19-11-12(14,15)16/h1-11H2. The molecule has 1 aliphatic rings. The Morgan fingerprint density at radius 2 is 1.63 bits per heavy atom. The molecule has 0 aromatic carbocycles. The lowest BCUT2D eigenvalue weighted by molar-refractivity contribution is -0.174. The van der Waals surface area contributed by atoms with Gasteiger partial charge in [0.1, 0.15) is 6.61 Å². The van der Waals surface area contributed by atoms with Crippen molar-refractivity contribution in [1.29, 1.82) is 0 Å². The van der Waals surface area contributed by atoms with E-state index in [4.69, 9.17) is 0 Å². The van der Waals surface area contributed by atoms with E-state index in [2.05, 4.69) is 30.5 Å². The molecule has 0 aromatic rings. The molecule has 3 nitrogen and oxygen atoms in total. The van der Waals surface area contributed by atoms with E-state index in [1.54, 1.807) is 0 Å². The molecule has 1 rings (SSSR count). The van der Waals surface area contributed by atoms with Crippen LogP contribution in [0.25, 0.3) is 0 Å². The zero-order valence-electron chi connectivity index (χ0n) is 11.1. The van der Waals surface area contributed by atoms with Crippen LogP contribution in [0.15, 0.2) is 0 Å². The minimum Gasteiger partial charge on any atom is -0.372 e. The highest BCUT2D eigenvalue weighted by Crippen LogP contribution is 2.14. The second kappa shape index (κ2) is 9.15. The van der Waals surface area contributed by atoms with E-state index in [1.165, 1.54) is 0 Å². The lowest BCUT2D eigenvalue weighted by atomic mass is 10.3. The van der Waals surface area contributed by atoms with Crippen LogP contribution in [0.5, 0.6) is 0 Å². The second-order valence-corrected chi connectivity index (χ2v) is 5.54. The van der Waals surface area contributed by atoms with Crippen molar-refractivity contribution in [1.82, 2.24) is 9.80 Å². The van der Waals surface area contributed by atoms with Crippen LogP contribution in [0.4, 0.5) is 13.2 Å². The van der Waals surface area contributed by atoms with Gasteiger partial charge in [0.25, 0.3) is 0 Å². The molecular formula is C12H22BrF3N2O. The van der Waals surface area contributed by atoms with Gasteiger partial charge in [-0.2, -0.15) is 13.2 Å². The van der Waals surface area contributed by atoms with E-state index in [0.717, 1.165) is 51.0 Å². The molecule has 1 aliphatic heterocycles. The Balaban J connectivity index is 2.06. The summed E-state index contributed by atoms with van der Waals surface area (Å²) in [7, 11) is 0. The first kappa shape index (κ1) is 17.2. The Bertz CT molecular complexity index is 242.